The first-order chi connectivity index (χ1) is 10.8. The summed E-state index contributed by atoms with van der Waals surface area (Å²) in [6.45, 7) is 4.78. The Labute approximate surface area is 140 Å². The smallest absolute Gasteiger partial charge is 0.0653 e. The Balaban J connectivity index is 1.72. The van der Waals surface area contributed by atoms with Crippen molar-refractivity contribution in [1.29, 1.82) is 0 Å². The predicted octanol–water partition coefficient (Wildman–Crippen LogP) is 3.12. The predicted molar refractivity (Wildman–Crippen MR) is 89.8 cm³/mol. The van der Waals surface area contributed by atoms with Crippen molar-refractivity contribution in [2.75, 3.05) is 13.2 Å². The van der Waals surface area contributed by atoms with E-state index in [4.69, 9.17) is 0 Å². The van der Waals surface area contributed by atoms with Gasteiger partial charge in [-0.3, -0.25) is 0 Å². The Bertz CT molecular complexity index is 483. The maximum absolute atomic E-state index is 10.9. The van der Waals surface area contributed by atoms with Crippen LogP contribution >= 0.6 is 0 Å². The lowest BCUT2D eigenvalue weighted by atomic mass is 9.41. The highest BCUT2D eigenvalue weighted by molar-refractivity contribution is 5.16. The zero-order valence-corrected chi connectivity index (χ0v) is 14.9. The lowest BCUT2D eigenvalue weighted by Crippen LogP contribution is -2.59. The SMILES string of the molecule is C[C@@]12CCCC(CO)(CO)[C@H]1CC[C@@]13C[C@H](CC[C@H]12)[C@](C)(O)C3. The molecule has 4 rings (SSSR count). The molecule has 4 aliphatic carbocycles. The van der Waals surface area contributed by atoms with Crippen LogP contribution in [-0.4, -0.2) is 34.1 Å². The minimum atomic E-state index is -0.475. The third kappa shape index (κ3) is 1.99. The Kier molecular flexibility index (Phi) is 3.52. The van der Waals surface area contributed by atoms with Crippen molar-refractivity contribution in [2.24, 2.45) is 34.0 Å². The molecule has 1 spiro atoms. The summed E-state index contributed by atoms with van der Waals surface area (Å²) in [7, 11) is 0. The van der Waals surface area contributed by atoms with E-state index in [0.717, 1.165) is 32.1 Å². The van der Waals surface area contributed by atoms with E-state index < -0.39 is 5.60 Å². The summed E-state index contributed by atoms with van der Waals surface area (Å²) >= 11 is 0. The van der Waals surface area contributed by atoms with Crippen molar-refractivity contribution in [1.82, 2.24) is 0 Å². The Morgan fingerprint density at radius 3 is 2.35 bits per heavy atom. The fourth-order valence-electron chi connectivity index (χ4n) is 8.17. The van der Waals surface area contributed by atoms with E-state index in [0.29, 0.717) is 23.2 Å². The van der Waals surface area contributed by atoms with E-state index in [1.165, 1.54) is 25.7 Å². The number of hydrogen-bond acceptors (Lipinski definition) is 3. The molecule has 6 atom stereocenters. The summed E-state index contributed by atoms with van der Waals surface area (Å²) in [4.78, 5) is 0. The summed E-state index contributed by atoms with van der Waals surface area (Å²) in [6, 6.07) is 0. The van der Waals surface area contributed by atoms with Crippen LogP contribution in [0.2, 0.25) is 0 Å². The van der Waals surface area contributed by atoms with Gasteiger partial charge >= 0.3 is 0 Å². The zero-order valence-electron chi connectivity index (χ0n) is 14.9. The molecule has 0 saturated heterocycles. The molecule has 0 heterocycles. The van der Waals surface area contributed by atoms with Gasteiger partial charge in [-0.2, -0.15) is 0 Å². The average molecular weight is 322 g/mol. The van der Waals surface area contributed by atoms with Gasteiger partial charge in [0.1, 0.15) is 0 Å². The van der Waals surface area contributed by atoms with Gasteiger partial charge in [-0.05, 0) is 86.9 Å². The first kappa shape index (κ1) is 16.4. The van der Waals surface area contributed by atoms with Crippen molar-refractivity contribution in [3.8, 4) is 0 Å². The minimum absolute atomic E-state index is 0.129. The molecule has 4 aliphatic rings. The van der Waals surface area contributed by atoms with Gasteiger partial charge in [0.05, 0.1) is 18.8 Å². The lowest BCUT2D eigenvalue weighted by molar-refractivity contribution is -0.176. The number of aliphatic hydroxyl groups is 3. The van der Waals surface area contributed by atoms with Crippen LogP contribution in [0.15, 0.2) is 0 Å². The Morgan fingerprint density at radius 2 is 1.65 bits per heavy atom. The highest BCUT2D eigenvalue weighted by Crippen LogP contribution is 2.72. The van der Waals surface area contributed by atoms with E-state index in [2.05, 4.69) is 13.8 Å². The summed E-state index contributed by atoms with van der Waals surface area (Å²) in [5.41, 5.74) is -0.191. The molecule has 0 aliphatic heterocycles. The van der Waals surface area contributed by atoms with Gasteiger partial charge in [0.25, 0.3) is 0 Å². The third-order valence-electron chi connectivity index (χ3n) is 9.07. The standard InChI is InChI=1S/C20H34O3/c1-17-7-3-8-20(12-21,13-22)16(17)6-9-19-10-14(4-5-15(17)19)18(2,23)11-19/h14-16,21-23H,3-13H2,1-2H3/t14-,15-,16-,17-,18+,19-/m0/s1. The van der Waals surface area contributed by atoms with Gasteiger partial charge in [0.15, 0.2) is 0 Å². The minimum Gasteiger partial charge on any atom is -0.396 e. The van der Waals surface area contributed by atoms with Crippen LogP contribution in [0.4, 0.5) is 0 Å². The normalized spacial score (nSPS) is 54.4. The van der Waals surface area contributed by atoms with Crippen molar-refractivity contribution in [2.45, 2.75) is 77.2 Å². The molecule has 3 nitrogen and oxygen atoms in total. The molecule has 3 heteroatoms. The highest BCUT2D eigenvalue weighted by Gasteiger charge is 2.66. The number of hydrogen-bond donors (Lipinski definition) is 3. The molecule has 0 aromatic heterocycles. The van der Waals surface area contributed by atoms with Gasteiger partial charge in [0.2, 0.25) is 0 Å². The second-order valence-electron chi connectivity index (χ2n) is 10.1. The van der Waals surface area contributed by atoms with Crippen LogP contribution in [0.5, 0.6) is 0 Å². The Hall–Kier alpha value is -0.120. The van der Waals surface area contributed by atoms with Crippen molar-refractivity contribution < 1.29 is 15.3 Å². The molecular weight excluding hydrogens is 288 g/mol. The van der Waals surface area contributed by atoms with E-state index in [-0.39, 0.29) is 24.0 Å². The van der Waals surface area contributed by atoms with E-state index in [1.807, 2.05) is 0 Å². The quantitative estimate of drug-likeness (QED) is 0.732. The average Bonchev–Trinajstić information content (AvgIpc) is 2.70. The number of rotatable bonds is 2. The maximum Gasteiger partial charge on any atom is 0.0653 e. The largest absolute Gasteiger partial charge is 0.396 e. The molecular formula is C20H34O3. The zero-order chi connectivity index (χ0) is 16.5. The second kappa shape index (κ2) is 4.95. The van der Waals surface area contributed by atoms with Crippen molar-refractivity contribution in [3.05, 3.63) is 0 Å². The first-order valence-corrected chi connectivity index (χ1v) is 9.76. The molecule has 23 heavy (non-hydrogen) atoms. The molecule has 0 radical (unpaired) electrons. The molecule has 0 aromatic carbocycles. The monoisotopic (exact) mass is 322 g/mol. The summed E-state index contributed by atoms with van der Waals surface area (Å²) in [6.07, 6.45) is 10.2. The van der Waals surface area contributed by atoms with Crippen molar-refractivity contribution in [3.63, 3.8) is 0 Å². The molecule has 132 valence electrons. The van der Waals surface area contributed by atoms with Crippen LogP contribution in [-0.2, 0) is 0 Å². The van der Waals surface area contributed by atoms with Crippen LogP contribution in [0.3, 0.4) is 0 Å². The second-order valence-corrected chi connectivity index (χ2v) is 10.1. The lowest BCUT2D eigenvalue weighted by Gasteiger charge is -2.64. The molecule has 2 bridgehead atoms. The van der Waals surface area contributed by atoms with E-state index >= 15 is 0 Å². The van der Waals surface area contributed by atoms with Gasteiger partial charge in [0, 0.05) is 5.41 Å². The number of aliphatic hydroxyl groups excluding tert-OH is 2. The maximum atomic E-state index is 10.9. The molecule has 4 fully saturated rings. The molecule has 3 N–H and O–H groups in total. The number of fused-ring (bicyclic) bond motifs is 3. The summed E-state index contributed by atoms with van der Waals surface area (Å²) in [5.74, 6) is 1.59. The molecule has 0 aromatic rings. The molecule has 0 amide bonds. The van der Waals surface area contributed by atoms with E-state index in [9.17, 15) is 15.3 Å². The summed E-state index contributed by atoms with van der Waals surface area (Å²) in [5, 5.41) is 31.1. The van der Waals surface area contributed by atoms with E-state index in [1.54, 1.807) is 0 Å². The highest BCUT2D eigenvalue weighted by atomic mass is 16.3. The third-order valence-corrected chi connectivity index (χ3v) is 9.07. The van der Waals surface area contributed by atoms with Gasteiger partial charge < -0.3 is 15.3 Å². The van der Waals surface area contributed by atoms with Crippen LogP contribution in [0.25, 0.3) is 0 Å². The van der Waals surface area contributed by atoms with Gasteiger partial charge in [-0.15, -0.1) is 0 Å². The van der Waals surface area contributed by atoms with Crippen LogP contribution in [0, 0.1) is 34.0 Å². The topological polar surface area (TPSA) is 60.7 Å². The Morgan fingerprint density at radius 1 is 0.913 bits per heavy atom. The fourth-order valence-corrected chi connectivity index (χ4v) is 8.17. The van der Waals surface area contributed by atoms with Crippen LogP contribution < -0.4 is 0 Å². The fraction of sp³-hybridized carbons (Fsp3) is 1.00. The molecule has 0 unspecified atom stereocenters. The van der Waals surface area contributed by atoms with Gasteiger partial charge in [-0.1, -0.05) is 13.3 Å². The summed E-state index contributed by atoms with van der Waals surface area (Å²) < 4.78 is 0. The first-order valence-electron chi connectivity index (χ1n) is 9.76. The van der Waals surface area contributed by atoms with Crippen LogP contribution in [0.1, 0.15) is 71.6 Å². The van der Waals surface area contributed by atoms with Gasteiger partial charge in [-0.25, -0.2) is 0 Å². The van der Waals surface area contributed by atoms with Crippen molar-refractivity contribution >= 4 is 0 Å². The molecule has 4 saturated carbocycles.